The third-order valence-corrected chi connectivity index (χ3v) is 2.63. The van der Waals surface area contributed by atoms with Gasteiger partial charge in [-0.05, 0) is 47.7 Å². The number of nitro groups is 1. The Morgan fingerprint density at radius 1 is 1.77 bits per heavy atom. The highest BCUT2D eigenvalue weighted by atomic mass is 127. The molecule has 1 aliphatic carbocycles. The number of hydrogen-bond acceptors (Lipinski definition) is 3. The normalized spacial score (nSPS) is 20.2. The fourth-order valence-corrected chi connectivity index (χ4v) is 1.53. The number of nitrogens with zero attached hydrogens (tertiary/aromatic N) is 2. The van der Waals surface area contributed by atoms with E-state index in [0.29, 0.717) is 0 Å². The zero-order valence-electron chi connectivity index (χ0n) is 6.70. The van der Waals surface area contributed by atoms with Gasteiger partial charge in [-0.3, -0.25) is 10.1 Å². The van der Waals surface area contributed by atoms with Gasteiger partial charge in [0.1, 0.15) is 3.55 Å². The van der Waals surface area contributed by atoms with E-state index in [9.17, 15) is 10.1 Å². The molecule has 0 saturated carbocycles. The Morgan fingerprint density at radius 3 is 2.62 bits per heavy atom. The van der Waals surface area contributed by atoms with Crippen molar-refractivity contribution < 1.29 is 4.92 Å². The summed E-state index contributed by atoms with van der Waals surface area (Å²) in [7, 11) is 0. The van der Waals surface area contributed by atoms with E-state index in [1.807, 2.05) is 34.7 Å². The van der Waals surface area contributed by atoms with Crippen LogP contribution in [-0.2, 0) is 0 Å². The van der Waals surface area contributed by atoms with E-state index in [1.165, 1.54) is 6.08 Å². The molecule has 0 unspecified atom stereocenters. The molecule has 0 bridgehead atoms. The van der Waals surface area contributed by atoms with Gasteiger partial charge in [0.25, 0.3) is 0 Å². The molecule has 1 rings (SSSR count). The lowest BCUT2D eigenvalue weighted by molar-refractivity contribution is -0.414. The van der Waals surface area contributed by atoms with Crippen molar-refractivity contribution in [1.29, 1.82) is 0 Å². The summed E-state index contributed by atoms with van der Waals surface area (Å²) in [6, 6.07) is 0. The lowest BCUT2D eigenvalue weighted by Gasteiger charge is -2.00. The van der Waals surface area contributed by atoms with Gasteiger partial charge in [0.2, 0.25) is 5.17 Å². The summed E-state index contributed by atoms with van der Waals surface area (Å²) in [4.78, 5) is 13.8. The smallest absolute Gasteiger partial charge is 0.258 e. The van der Waals surface area contributed by atoms with Crippen LogP contribution in [0.25, 0.3) is 0 Å². The van der Waals surface area contributed by atoms with Crippen molar-refractivity contribution in [3.63, 3.8) is 0 Å². The number of hydrogen-bond donors (Lipinski definition) is 0. The van der Waals surface area contributed by atoms with E-state index in [2.05, 4.69) is 4.99 Å². The molecule has 0 atom stereocenters. The van der Waals surface area contributed by atoms with Crippen LogP contribution in [0.3, 0.4) is 0 Å². The van der Waals surface area contributed by atoms with E-state index < -0.39 is 8.47 Å². The lowest BCUT2D eigenvalue weighted by Crippen LogP contribution is -2.09. The molecule has 0 heterocycles. The van der Waals surface area contributed by atoms with Crippen LogP contribution >= 0.6 is 34.2 Å². The molecule has 4 nitrogen and oxygen atoms in total. The van der Waals surface area contributed by atoms with Gasteiger partial charge in [-0.1, -0.05) is 11.6 Å². The minimum absolute atomic E-state index is 0.0631. The summed E-state index contributed by atoms with van der Waals surface area (Å²) in [5.74, 6) is 0. The molecular weight excluding hydrogens is 306 g/mol. The first-order valence-corrected chi connectivity index (χ1v) is 4.90. The summed E-state index contributed by atoms with van der Waals surface area (Å²) in [5.41, 5.74) is -0.161. The predicted octanol–water partition coefficient (Wildman–Crippen LogP) is 2.51. The minimum atomic E-state index is -0.547. The molecule has 0 aliphatic heterocycles. The third-order valence-electron chi connectivity index (χ3n) is 1.39. The first-order valence-electron chi connectivity index (χ1n) is 3.44. The highest BCUT2D eigenvalue weighted by molar-refractivity contribution is 14.1. The molecule has 0 amide bonds. The van der Waals surface area contributed by atoms with Crippen LogP contribution in [0.4, 0.5) is 0 Å². The van der Waals surface area contributed by atoms with Gasteiger partial charge < -0.3 is 0 Å². The van der Waals surface area contributed by atoms with Crippen LogP contribution in [-0.4, -0.2) is 13.6 Å². The Kier molecular flexibility index (Phi) is 3.07. The van der Waals surface area contributed by atoms with Crippen LogP contribution in [0, 0.1) is 10.1 Å². The summed E-state index contributed by atoms with van der Waals surface area (Å²) < 4.78 is -0.431. The van der Waals surface area contributed by atoms with E-state index in [0.717, 1.165) is 0 Å². The first kappa shape index (κ1) is 10.6. The van der Waals surface area contributed by atoms with Gasteiger partial charge in [-0.25, -0.2) is 4.99 Å². The molecule has 0 radical (unpaired) electrons. The number of allylic oxidation sites excluding steroid dienone is 2. The molecule has 0 aromatic carbocycles. The van der Waals surface area contributed by atoms with Crippen molar-refractivity contribution in [1.82, 2.24) is 0 Å². The minimum Gasteiger partial charge on any atom is -0.258 e. The number of rotatable bonds is 3. The topological polar surface area (TPSA) is 55.5 Å². The largest absolute Gasteiger partial charge is 0.301 e. The van der Waals surface area contributed by atoms with Gasteiger partial charge in [-0.2, -0.15) is 0 Å². The van der Waals surface area contributed by atoms with Gasteiger partial charge in [0, 0.05) is 0 Å². The molecule has 1 aliphatic rings. The molecule has 6 heteroatoms. The molecule has 0 fully saturated rings. The Bertz CT molecular complexity index is 329. The summed E-state index contributed by atoms with van der Waals surface area (Å²) in [6.07, 6.45) is 4.94. The SMILES string of the molecule is C/C=C(\C(Cl)=NC1(I)C=C1)[N+](=O)[O-]. The Labute approximate surface area is 93.7 Å². The molecular formula is C7H6ClIN2O2. The fraction of sp³-hybridized carbons (Fsp3) is 0.286. The highest BCUT2D eigenvalue weighted by Crippen LogP contribution is 2.36. The first-order chi connectivity index (χ1) is 5.98. The van der Waals surface area contributed by atoms with Gasteiger partial charge in [-0.15, -0.1) is 0 Å². The van der Waals surface area contributed by atoms with E-state index in [1.54, 1.807) is 6.92 Å². The Morgan fingerprint density at radius 2 is 2.31 bits per heavy atom. The second-order valence-electron chi connectivity index (χ2n) is 2.39. The highest BCUT2D eigenvalue weighted by Gasteiger charge is 2.31. The monoisotopic (exact) mass is 312 g/mol. The number of halogens is 2. The fourth-order valence-electron chi connectivity index (χ4n) is 0.651. The molecule has 13 heavy (non-hydrogen) atoms. The average Bonchev–Trinajstić information content (AvgIpc) is 2.67. The summed E-state index contributed by atoms with van der Waals surface area (Å²) >= 11 is 7.71. The van der Waals surface area contributed by atoms with Crippen LogP contribution < -0.4 is 0 Å². The van der Waals surface area contributed by atoms with Crippen molar-refractivity contribution in [3.05, 3.63) is 34.0 Å². The van der Waals surface area contributed by atoms with Crippen molar-refractivity contribution in [2.24, 2.45) is 4.99 Å². The quantitative estimate of drug-likeness (QED) is 0.153. The number of aliphatic imine (C=N–C) groups is 1. The average molecular weight is 312 g/mol. The van der Waals surface area contributed by atoms with Crippen molar-refractivity contribution in [2.45, 2.75) is 10.5 Å². The maximum absolute atomic E-state index is 10.4. The standard InChI is InChI=1S/C7H6ClIN2O2/c1-2-5(11(12)13)6(8)10-7(9)3-4-7/h2-4H,1H3/b5-2+,10-6?. The van der Waals surface area contributed by atoms with E-state index in [-0.39, 0.29) is 10.9 Å². The van der Waals surface area contributed by atoms with Gasteiger partial charge >= 0.3 is 5.70 Å². The second kappa shape index (κ2) is 3.75. The third kappa shape index (κ3) is 2.77. The van der Waals surface area contributed by atoms with Gasteiger partial charge in [0.05, 0.1) is 4.92 Å². The van der Waals surface area contributed by atoms with E-state index in [4.69, 9.17) is 11.6 Å². The van der Waals surface area contributed by atoms with E-state index >= 15 is 0 Å². The van der Waals surface area contributed by atoms with Crippen molar-refractivity contribution >= 4 is 39.4 Å². The van der Waals surface area contributed by atoms with Crippen LogP contribution in [0.1, 0.15) is 6.92 Å². The lowest BCUT2D eigenvalue weighted by atomic mass is 10.4. The summed E-state index contributed by atoms with van der Waals surface area (Å²) in [6.45, 7) is 1.55. The maximum atomic E-state index is 10.4. The molecule has 0 N–H and O–H groups in total. The Balaban J connectivity index is 2.82. The summed E-state index contributed by atoms with van der Waals surface area (Å²) in [5, 5.41) is 10.4. The molecule has 0 aromatic heterocycles. The molecule has 0 saturated heterocycles. The van der Waals surface area contributed by atoms with Gasteiger partial charge in [0.15, 0.2) is 0 Å². The van der Waals surface area contributed by atoms with Crippen molar-refractivity contribution in [3.8, 4) is 0 Å². The maximum Gasteiger partial charge on any atom is 0.301 e. The zero-order chi connectivity index (χ0) is 10.1. The number of alkyl halides is 1. The molecule has 70 valence electrons. The molecule has 0 aromatic rings. The van der Waals surface area contributed by atoms with Crippen LogP contribution in [0.15, 0.2) is 28.9 Å². The van der Waals surface area contributed by atoms with Crippen LogP contribution in [0.2, 0.25) is 0 Å². The van der Waals surface area contributed by atoms with Crippen molar-refractivity contribution in [2.75, 3.05) is 0 Å². The zero-order valence-corrected chi connectivity index (χ0v) is 9.61. The second-order valence-corrected chi connectivity index (χ2v) is 4.48. The molecule has 0 spiro atoms. The predicted molar refractivity (Wildman–Crippen MR) is 59.9 cm³/mol. The Hall–Kier alpha value is -0.430. The van der Waals surface area contributed by atoms with Crippen LogP contribution in [0.5, 0.6) is 0 Å².